The standard InChI is InChI=1S/C15H21N3O3/c1-21-10-9-18(8-2-7-16)15(20)14(17)11-12-3-5-13(19)6-4-12/h3-6,14,19H,2,8-11,17H2,1H3. The molecule has 0 aromatic heterocycles. The van der Waals surface area contributed by atoms with Crippen molar-refractivity contribution in [2.45, 2.75) is 18.9 Å². The zero-order valence-corrected chi connectivity index (χ0v) is 12.2. The molecule has 0 aliphatic heterocycles. The third-order valence-electron chi connectivity index (χ3n) is 3.08. The lowest BCUT2D eigenvalue weighted by Gasteiger charge is -2.24. The molecule has 21 heavy (non-hydrogen) atoms. The van der Waals surface area contributed by atoms with Gasteiger partial charge in [0.25, 0.3) is 0 Å². The lowest BCUT2D eigenvalue weighted by Crippen LogP contribution is -2.46. The van der Waals surface area contributed by atoms with Crippen molar-refractivity contribution in [3.63, 3.8) is 0 Å². The molecule has 0 fully saturated rings. The number of phenolic OH excluding ortho intramolecular Hbond substituents is 1. The van der Waals surface area contributed by atoms with Gasteiger partial charge in [0.2, 0.25) is 5.91 Å². The van der Waals surface area contributed by atoms with Crippen LogP contribution in [-0.2, 0) is 16.0 Å². The van der Waals surface area contributed by atoms with E-state index in [1.54, 1.807) is 36.3 Å². The van der Waals surface area contributed by atoms with E-state index in [-0.39, 0.29) is 18.1 Å². The average Bonchev–Trinajstić information content (AvgIpc) is 2.49. The molecule has 0 bridgehead atoms. The van der Waals surface area contributed by atoms with Gasteiger partial charge in [0, 0.05) is 20.2 Å². The summed E-state index contributed by atoms with van der Waals surface area (Å²) in [6.07, 6.45) is 0.649. The van der Waals surface area contributed by atoms with Gasteiger partial charge in [-0.05, 0) is 24.1 Å². The van der Waals surface area contributed by atoms with Gasteiger partial charge in [0.05, 0.1) is 25.1 Å². The molecule has 6 heteroatoms. The van der Waals surface area contributed by atoms with E-state index in [0.29, 0.717) is 26.1 Å². The van der Waals surface area contributed by atoms with Gasteiger partial charge in [-0.25, -0.2) is 0 Å². The van der Waals surface area contributed by atoms with Gasteiger partial charge in [-0.3, -0.25) is 4.79 Å². The number of hydrogen-bond donors (Lipinski definition) is 2. The topological polar surface area (TPSA) is 99.6 Å². The van der Waals surface area contributed by atoms with E-state index in [4.69, 9.17) is 15.7 Å². The first kappa shape index (κ1) is 17.0. The lowest BCUT2D eigenvalue weighted by molar-refractivity contribution is -0.133. The van der Waals surface area contributed by atoms with Crippen LogP contribution < -0.4 is 5.73 Å². The molecule has 1 atom stereocenters. The van der Waals surface area contributed by atoms with E-state index in [1.807, 2.05) is 6.07 Å². The fourth-order valence-electron chi connectivity index (χ4n) is 1.93. The number of nitriles is 1. The van der Waals surface area contributed by atoms with E-state index in [2.05, 4.69) is 0 Å². The van der Waals surface area contributed by atoms with Crippen molar-refractivity contribution in [1.82, 2.24) is 4.90 Å². The fraction of sp³-hybridized carbons (Fsp3) is 0.467. The number of hydrogen-bond acceptors (Lipinski definition) is 5. The van der Waals surface area contributed by atoms with Gasteiger partial charge in [0.15, 0.2) is 0 Å². The van der Waals surface area contributed by atoms with Crippen molar-refractivity contribution in [2.24, 2.45) is 5.73 Å². The summed E-state index contributed by atoms with van der Waals surface area (Å²) in [6, 6.07) is 7.93. The summed E-state index contributed by atoms with van der Waals surface area (Å²) in [7, 11) is 1.56. The second-order valence-corrected chi connectivity index (χ2v) is 4.70. The van der Waals surface area contributed by atoms with E-state index in [0.717, 1.165) is 5.56 Å². The van der Waals surface area contributed by atoms with Crippen LogP contribution in [0.3, 0.4) is 0 Å². The first-order valence-corrected chi connectivity index (χ1v) is 6.76. The second kappa shape index (κ2) is 8.95. The Balaban J connectivity index is 2.63. The summed E-state index contributed by atoms with van der Waals surface area (Å²) in [5.74, 6) is -0.0234. The predicted molar refractivity (Wildman–Crippen MR) is 78.5 cm³/mol. The molecular weight excluding hydrogens is 270 g/mol. The number of carbonyl (C=O) groups excluding carboxylic acids is 1. The van der Waals surface area contributed by atoms with Gasteiger partial charge in [-0.15, -0.1) is 0 Å². The SMILES string of the molecule is COCCN(CCC#N)C(=O)C(N)Cc1ccc(O)cc1. The zero-order chi connectivity index (χ0) is 15.7. The number of nitrogens with two attached hydrogens (primary N) is 1. The van der Waals surface area contributed by atoms with E-state index in [1.165, 1.54) is 0 Å². The summed E-state index contributed by atoms with van der Waals surface area (Å²) in [5, 5.41) is 17.9. The molecule has 1 aromatic rings. The Bertz CT molecular complexity index is 482. The smallest absolute Gasteiger partial charge is 0.239 e. The summed E-state index contributed by atoms with van der Waals surface area (Å²) in [5.41, 5.74) is 6.83. The van der Waals surface area contributed by atoms with Crippen LogP contribution in [0.5, 0.6) is 5.75 Å². The van der Waals surface area contributed by atoms with Crippen LogP contribution in [-0.4, -0.2) is 48.8 Å². The van der Waals surface area contributed by atoms with Gasteiger partial charge >= 0.3 is 0 Å². The Morgan fingerprint density at radius 3 is 2.67 bits per heavy atom. The highest BCUT2D eigenvalue weighted by Crippen LogP contribution is 2.11. The van der Waals surface area contributed by atoms with Crippen LogP contribution in [0.15, 0.2) is 24.3 Å². The normalized spacial score (nSPS) is 11.7. The summed E-state index contributed by atoms with van der Waals surface area (Å²) < 4.78 is 4.97. The molecule has 114 valence electrons. The number of phenols is 1. The minimum Gasteiger partial charge on any atom is -0.508 e. The van der Waals surface area contributed by atoms with Gasteiger partial charge in [-0.1, -0.05) is 12.1 Å². The van der Waals surface area contributed by atoms with Crippen molar-refractivity contribution in [3.05, 3.63) is 29.8 Å². The molecule has 0 aliphatic carbocycles. The Labute approximate surface area is 124 Å². The minimum absolute atomic E-state index is 0.175. The number of amides is 1. The van der Waals surface area contributed by atoms with Crippen molar-refractivity contribution in [1.29, 1.82) is 5.26 Å². The van der Waals surface area contributed by atoms with E-state index < -0.39 is 6.04 Å². The van der Waals surface area contributed by atoms with Crippen LogP contribution in [0.2, 0.25) is 0 Å². The first-order chi connectivity index (χ1) is 10.1. The number of carbonyl (C=O) groups is 1. The molecule has 0 radical (unpaired) electrons. The third kappa shape index (κ3) is 5.81. The maximum absolute atomic E-state index is 12.3. The quantitative estimate of drug-likeness (QED) is 0.732. The molecule has 0 saturated heterocycles. The van der Waals surface area contributed by atoms with E-state index >= 15 is 0 Å². The van der Waals surface area contributed by atoms with Crippen LogP contribution in [0, 0.1) is 11.3 Å². The van der Waals surface area contributed by atoms with Gasteiger partial charge in [-0.2, -0.15) is 5.26 Å². The number of benzene rings is 1. The Hall–Kier alpha value is -2.10. The maximum atomic E-state index is 12.3. The van der Waals surface area contributed by atoms with Crippen LogP contribution in [0.4, 0.5) is 0 Å². The van der Waals surface area contributed by atoms with Crippen molar-refractivity contribution >= 4 is 5.91 Å². The maximum Gasteiger partial charge on any atom is 0.239 e. The number of aromatic hydroxyl groups is 1. The molecule has 1 amide bonds. The minimum atomic E-state index is -0.676. The van der Waals surface area contributed by atoms with E-state index in [9.17, 15) is 9.90 Å². The average molecular weight is 291 g/mol. The Morgan fingerprint density at radius 2 is 2.10 bits per heavy atom. The third-order valence-corrected chi connectivity index (χ3v) is 3.08. The Morgan fingerprint density at radius 1 is 1.43 bits per heavy atom. The summed E-state index contributed by atoms with van der Waals surface area (Å²) >= 11 is 0. The van der Waals surface area contributed by atoms with Crippen molar-refractivity contribution in [2.75, 3.05) is 26.8 Å². The summed E-state index contributed by atoms with van der Waals surface area (Å²) in [4.78, 5) is 13.9. The highest BCUT2D eigenvalue weighted by atomic mass is 16.5. The lowest BCUT2D eigenvalue weighted by atomic mass is 10.1. The molecule has 0 saturated carbocycles. The molecule has 0 spiro atoms. The molecule has 1 aromatic carbocycles. The van der Waals surface area contributed by atoms with Gasteiger partial charge < -0.3 is 20.5 Å². The molecule has 0 aliphatic rings. The largest absolute Gasteiger partial charge is 0.508 e. The number of ether oxygens (including phenoxy) is 1. The highest BCUT2D eigenvalue weighted by Gasteiger charge is 2.20. The zero-order valence-electron chi connectivity index (χ0n) is 12.2. The van der Waals surface area contributed by atoms with Crippen LogP contribution in [0.25, 0.3) is 0 Å². The number of methoxy groups -OCH3 is 1. The highest BCUT2D eigenvalue weighted by molar-refractivity contribution is 5.82. The molecular formula is C15H21N3O3. The molecule has 1 rings (SSSR count). The van der Waals surface area contributed by atoms with Gasteiger partial charge in [0.1, 0.15) is 5.75 Å². The monoisotopic (exact) mass is 291 g/mol. The number of nitrogens with zero attached hydrogens (tertiary/aromatic N) is 2. The molecule has 1 unspecified atom stereocenters. The fourth-order valence-corrected chi connectivity index (χ4v) is 1.93. The second-order valence-electron chi connectivity index (χ2n) is 4.70. The molecule has 0 heterocycles. The van der Waals surface area contributed by atoms with Crippen molar-refractivity contribution in [3.8, 4) is 11.8 Å². The van der Waals surface area contributed by atoms with Crippen LogP contribution >= 0.6 is 0 Å². The van der Waals surface area contributed by atoms with Crippen LogP contribution in [0.1, 0.15) is 12.0 Å². The molecule has 6 nitrogen and oxygen atoms in total. The Kier molecular flexibility index (Phi) is 7.23. The number of rotatable bonds is 8. The predicted octanol–water partition coefficient (Wildman–Crippen LogP) is 0.651. The van der Waals surface area contributed by atoms with Crippen molar-refractivity contribution < 1.29 is 14.6 Å². The first-order valence-electron chi connectivity index (χ1n) is 6.76. The summed E-state index contributed by atoms with van der Waals surface area (Å²) in [6.45, 7) is 1.17. The molecule has 3 N–H and O–H groups in total.